The first-order chi connectivity index (χ1) is 4.81. The second-order valence-corrected chi connectivity index (χ2v) is 2.30. The normalized spacial score (nSPS) is 9.40. The quantitative estimate of drug-likeness (QED) is 0.453. The lowest BCUT2D eigenvalue weighted by molar-refractivity contribution is 0.204. The first kappa shape index (κ1) is 9.50. The molecular weight excluding hydrogens is 126 g/mol. The van der Waals surface area contributed by atoms with Crippen LogP contribution in [0.1, 0.15) is 26.2 Å². The molecule has 0 atom stereocenters. The Labute approximate surface area is 63.1 Å². The van der Waals surface area contributed by atoms with Gasteiger partial charge in [-0.1, -0.05) is 26.3 Å². The van der Waals surface area contributed by atoms with Gasteiger partial charge in [0.25, 0.3) is 0 Å². The van der Waals surface area contributed by atoms with E-state index in [-0.39, 0.29) is 0 Å². The minimum Gasteiger partial charge on any atom is -0.497 e. The molecule has 0 aromatic carbocycles. The SMILES string of the molecule is C=C(CN)OCCCCC. The molecule has 2 N–H and O–H groups in total. The number of nitrogens with two attached hydrogens (primary N) is 1. The number of unbranched alkanes of at least 4 members (excludes halogenated alkanes) is 2. The summed E-state index contributed by atoms with van der Waals surface area (Å²) < 4.78 is 5.17. The highest BCUT2D eigenvalue weighted by Crippen LogP contribution is 1.97. The van der Waals surface area contributed by atoms with Gasteiger partial charge in [0.05, 0.1) is 13.2 Å². The summed E-state index contributed by atoms with van der Waals surface area (Å²) in [6.45, 7) is 6.99. The van der Waals surface area contributed by atoms with Crippen LogP contribution >= 0.6 is 0 Å². The largest absolute Gasteiger partial charge is 0.497 e. The average Bonchev–Trinajstić information content (AvgIpc) is 1.98. The first-order valence-corrected chi connectivity index (χ1v) is 3.82. The molecule has 0 saturated carbocycles. The molecule has 0 rings (SSSR count). The summed E-state index contributed by atoms with van der Waals surface area (Å²) in [5.74, 6) is 0.691. The lowest BCUT2D eigenvalue weighted by Gasteiger charge is -2.05. The minimum atomic E-state index is 0.437. The van der Waals surface area contributed by atoms with Crippen LogP contribution in [0.4, 0.5) is 0 Å². The third-order valence-electron chi connectivity index (χ3n) is 1.28. The predicted octanol–water partition coefficient (Wildman–Crippen LogP) is 1.67. The number of ether oxygens (including phenoxy) is 1. The van der Waals surface area contributed by atoms with Crippen LogP contribution in [0.5, 0.6) is 0 Å². The van der Waals surface area contributed by atoms with Crippen LogP contribution in [0.15, 0.2) is 12.3 Å². The number of hydrogen-bond donors (Lipinski definition) is 1. The van der Waals surface area contributed by atoms with E-state index in [4.69, 9.17) is 10.5 Å². The maximum atomic E-state index is 5.26. The Bertz CT molecular complexity index is 91.3. The minimum absolute atomic E-state index is 0.437. The van der Waals surface area contributed by atoms with E-state index >= 15 is 0 Å². The highest BCUT2D eigenvalue weighted by atomic mass is 16.5. The van der Waals surface area contributed by atoms with Crippen LogP contribution in [0.2, 0.25) is 0 Å². The Morgan fingerprint density at radius 1 is 1.50 bits per heavy atom. The fraction of sp³-hybridized carbons (Fsp3) is 0.750. The van der Waals surface area contributed by atoms with E-state index in [1.165, 1.54) is 12.8 Å². The zero-order valence-corrected chi connectivity index (χ0v) is 6.73. The van der Waals surface area contributed by atoms with Crippen molar-refractivity contribution in [2.24, 2.45) is 5.73 Å². The summed E-state index contributed by atoms with van der Waals surface area (Å²) in [6.07, 6.45) is 3.55. The maximum Gasteiger partial charge on any atom is 0.102 e. The standard InChI is InChI=1S/C8H17NO/c1-3-4-5-6-10-8(2)7-9/h2-7,9H2,1H3. The third-order valence-corrected chi connectivity index (χ3v) is 1.28. The van der Waals surface area contributed by atoms with Gasteiger partial charge in [0.2, 0.25) is 0 Å². The van der Waals surface area contributed by atoms with E-state index in [1.54, 1.807) is 0 Å². The van der Waals surface area contributed by atoms with Crippen molar-refractivity contribution in [1.29, 1.82) is 0 Å². The molecule has 0 aliphatic rings. The van der Waals surface area contributed by atoms with Crippen LogP contribution < -0.4 is 5.73 Å². The van der Waals surface area contributed by atoms with Gasteiger partial charge in [-0.25, -0.2) is 0 Å². The number of rotatable bonds is 6. The second-order valence-electron chi connectivity index (χ2n) is 2.30. The second kappa shape index (κ2) is 6.62. The molecule has 0 aliphatic heterocycles. The van der Waals surface area contributed by atoms with Gasteiger partial charge in [-0.3, -0.25) is 0 Å². The van der Waals surface area contributed by atoms with Crippen LogP contribution in [0.3, 0.4) is 0 Å². The van der Waals surface area contributed by atoms with Gasteiger partial charge in [-0.15, -0.1) is 0 Å². The van der Waals surface area contributed by atoms with Crippen LogP contribution in [0.25, 0.3) is 0 Å². The van der Waals surface area contributed by atoms with Gasteiger partial charge in [0, 0.05) is 0 Å². The van der Waals surface area contributed by atoms with E-state index in [1.807, 2.05) is 0 Å². The molecule has 0 fully saturated rings. The van der Waals surface area contributed by atoms with Gasteiger partial charge in [0.1, 0.15) is 5.76 Å². The van der Waals surface area contributed by atoms with Gasteiger partial charge >= 0.3 is 0 Å². The van der Waals surface area contributed by atoms with Crippen molar-refractivity contribution in [2.75, 3.05) is 13.2 Å². The van der Waals surface area contributed by atoms with Crippen LogP contribution in [0, 0.1) is 0 Å². The Morgan fingerprint density at radius 2 is 2.20 bits per heavy atom. The molecule has 10 heavy (non-hydrogen) atoms. The molecule has 0 aromatic heterocycles. The molecule has 0 amide bonds. The monoisotopic (exact) mass is 143 g/mol. The van der Waals surface area contributed by atoms with Crippen molar-refractivity contribution >= 4 is 0 Å². The van der Waals surface area contributed by atoms with Crippen molar-refractivity contribution in [3.8, 4) is 0 Å². The third kappa shape index (κ3) is 5.63. The van der Waals surface area contributed by atoms with Crippen molar-refractivity contribution in [3.63, 3.8) is 0 Å². The van der Waals surface area contributed by atoms with E-state index in [2.05, 4.69) is 13.5 Å². The highest BCUT2D eigenvalue weighted by Gasteiger charge is 1.89. The van der Waals surface area contributed by atoms with Gasteiger partial charge < -0.3 is 10.5 Å². The molecule has 0 heterocycles. The maximum absolute atomic E-state index is 5.26. The van der Waals surface area contributed by atoms with E-state index in [0.717, 1.165) is 13.0 Å². The van der Waals surface area contributed by atoms with Crippen molar-refractivity contribution in [2.45, 2.75) is 26.2 Å². The first-order valence-electron chi connectivity index (χ1n) is 3.82. The summed E-state index contributed by atoms with van der Waals surface area (Å²) in [7, 11) is 0. The van der Waals surface area contributed by atoms with Crippen LogP contribution in [-0.4, -0.2) is 13.2 Å². The fourth-order valence-electron chi connectivity index (χ4n) is 0.627. The Hall–Kier alpha value is -0.500. The average molecular weight is 143 g/mol. The predicted molar refractivity (Wildman–Crippen MR) is 43.7 cm³/mol. The van der Waals surface area contributed by atoms with Gasteiger partial charge in [-0.2, -0.15) is 0 Å². The van der Waals surface area contributed by atoms with E-state index in [9.17, 15) is 0 Å². The summed E-state index contributed by atoms with van der Waals surface area (Å²) >= 11 is 0. The Morgan fingerprint density at radius 3 is 2.70 bits per heavy atom. The lowest BCUT2D eigenvalue weighted by atomic mass is 10.3. The van der Waals surface area contributed by atoms with Crippen LogP contribution in [-0.2, 0) is 4.74 Å². The fourth-order valence-corrected chi connectivity index (χ4v) is 0.627. The van der Waals surface area contributed by atoms with Gasteiger partial charge in [0.15, 0.2) is 0 Å². The smallest absolute Gasteiger partial charge is 0.102 e. The zero-order valence-electron chi connectivity index (χ0n) is 6.73. The van der Waals surface area contributed by atoms with E-state index in [0.29, 0.717) is 12.3 Å². The summed E-state index contributed by atoms with van der Waals surface area (Å²) in [4.78, 5) is 0. The molecular formula is C8H17NO. The Kier molecular flexibility index (Phi) is 6.29. The molecule has 0 saturated heterocycles. The molecule has 0 aliphatic carbocycles. The molecule has 0 radical (unpaired) electrons. The molecule has 2 nitrogen and oxygen atoms in total. The lowest BCUT2D eigenvalue weighted by Crippen LogP contribution is -2.05. The molecule has 0 spiro atoms. The number of hydrogen-bond acceptors (Lipinski definition) is 2. The summed E-state index contributed by atoms with van der Waals surface area (Å²) in [5.41, 5.74) is 5.26. The molecule has 60 valence electrons. The molecule has 2 heteroatoms. The molecule has 0 bridgehead atoms. The highest BCUT2D eigenvalue weighted by molar-refractivity contribution is 4.82. The molecule has 0 unspecified atom stereocenters. The summed E-state index contributed by atoms with van der Waals surface area (Å²) in [5, 5.41) is 0. The van der Waals surface area contributed by atoms with Crippen molar-refractivity contribution in [3.05, 3.63) is 12.3 Å². The van der Waals surface area contributed by atoms with Crippen molar-refractivity contribution in [1.82, 2.24) is 0 Å². The Balaban J connectivity index is 2.96. The topological polar surface area (TPSA) is 35.2 Å². The van der Waals surface area contributed by atoms with Crippen molar-refractivity contribution < 1.29 is 4.74 Å². The van der Waals surface area contributed by atoms with Gasteiger partial charge in [-0.05, 0) is 6.42 Å². The molecule has 0 aromatic rings. The zero-order chi connectivity index (χ0) is 7.82. The van der Waals surface area contributed by atoms with E-state index < -0.39 is 0 Å². The summed E-state index contributed by atoms with van der Waals surface area (Å²) in [6, 6.07) is 0.